The van der Waals surface area contributed by atoms with E-state index in [2.05, 4.69) is 15.9 Å². The molecule has 0 bridgehead atoms. The smallest absolute Gasteiger partial charge is 0.0518 e. The van der Waals surface area contributed by atoms with Gasteiger partial charge in [0.15, 0.2) is 0 Å². The normalized spacial score (nSPS) is 15.1. The first-order chi connectivity index (χ1) is 6.63. The third-order valence-corrected chi connectivity index (χ3v) is 2.78. The molecule has 0 aliphatic heterocycles. The highest BCUT2D eigenvalue weighted by atomic mass is 79.9. The predicted octanol–water partition coefficient (Wildman–Crippen LogP) is 2.26. The Morgan fingerprint density at radius 1 is 1.36 bits per heavy atom. The largest absolute Gasteiger partial charge is 0.393 e. The Balaban J connectivity index is 2.73. The van der Waals surface area contributed by atoms with Crippen molar-refractivity contribution in [1.82, 2.24) is 0 Å². The zero-order chi connectivity index (χ0) is 10.6. The summed E-state index contributed by atoms with van der Waals surface area (Å²) in [5.41, 5.74) is 6.86. The van der Waals surface area contributed by atoms with E-state index in [0.29, 0.717) is 6.54 Å². The van der Waals surface area contributed by atoms with Gasteiger partial charge in [-0.15, -0.1) is 0 Å². The van der Waals surface area contributed by atoms with Crippen LogP contribution < -0.4 is 5.73 Å². The van der Waals surface area contributed by atoms with Crippen LogP contribution in [0.25, 0.3) is 0 Å². The molecule has 0 aliphatic carbocycles. The minimum atomic E-state index is -0.299. The number of hydrogen-bond acceptors (Lipinski definition) is 2. The maximum Gasteiger partial charge on any atom is 0.0518 e. The van der Waals surface area contributed by atoms with Crippen molar-refractivity contribution in [3.05, 3.63) is 34.3 Å². The first-order valence-electron chi connectivity index (χ1n) is 4.77. The van der Waals surface area contributed by atoms with Crippen molar-refractivity contribution >= 4 is 15.9 Å². The molecule has 0 fully saturated rings. The number of hydrogen-bond donors (Lipinski definition) is 2. The molecule has 0 spiro atoms. The van der Waals surface area contributed by atoms with Gasteiger partial charge in [0.05, 0.1) is 6.10 Å². The Labute approximate surface area is 93.3 Å². The van der Waals surface area contributed by atoms with Gasteiger partial charge in [0.2, 0.25) is 0 Å². The third-order valence-electron chi connectivity index (χ3n) is 2.25. The zero-order valence-corrected chi connectivity index (χ0v) is 9.87. The van der Waals surface area contributed by atoms with E-state index in [1.165, 1.54) is 5.56 Å². The number of rotatable bonds is 4. The molecule has 78 valence electrons. The summed E-state index contributed by atoms with van der Waals surface area (Å²) < 4.78 is 1.06. The Hall–Kier alpha value is -0.380. The number of aliphatic hydroxyl groups excluding tert-OH is 1. The summed E-state index contributed by atoms with van der Waals surface area (Å²) in [5.74, 6) is 0.253. The SMILES string of the molecule is CC(O)CC(CN)c1ccc(Br)cc1. The van der Waals surface area contributed by atoms with Gasteiger partial charge in [0.25, 0.3) is 0 Å². The molecule has 0 amide bonds. The second-order valence-electron chi connectivity index (χ2n) is 3.57. The van der Waals surface area contributed by atoms with E-state index in [1.807, 2.05) is 24.3 Å². The molecule has 0 saturated heterocycles. The fraction of sp³-hybridized carbons (Fsp3) is 0.455. The van der Waals surface area contributed by atoms with Gasteiger partial charge in [-0.25, -0.2) is 0 Å². The van der Waals surface area contributed by atoms with Crippen LogP contribution in [0.3, 0.4) is 0 Å². The molecule has 3 heteroatoms. The summed E-state index contributed by atoms with van der Waals surface area (Å²) in [7, 11) is 0. The molecule has 0 heterocycles. The standard InChI is InChI=1S/C11H16BrNO/c1-8(14)6-10(7-13)9-2-4-11(12)5-3-9/h2-5,8,10,14H,6-7,13H2,1H3. The maximum atomic E-state index is 9.30. The lowest BCUT2D eigenvalue weighted by Gasteiger charge is -2.16. The summed E-state index contributed by atoms with van der Waals surface area (Å²) >= 11 is 3.39. The number of aliphatic hydroxyl groups is 1. The van der Waals surface area contributed by atoms with Crippen molar-refractivity contribution in [2.24, 2.45) is 5.73 Å². The van der Waals surface area contributed by atoms with Gasteiger partial charge in [-0.1, -0.05) is 28.1 Å². The fourth-order valence-corrected chi connectivity index (χ4v) is 1.78. The van der Waals surface area contributed by atoms with Crippen LogP contribution in [0.15, 0.2) is 28.7 Å². The summed E-state index contributed by atoms with van der Waals surface area (Å²) in [5, 5.41) is 9.30. The van der Waals surface area contributed by atoms with Crippen LogP contribution in [0.5, 0.6) is 0 Å². The highest BCUT2D eigenvalue weighted by Gasteiger charge is 2.11. The first-order valence-corrected chi connectivity index (χ1v) is 5.56. The Morgan fingerprint density at radius 3 is 2.36 bits per heavy atom. The van der Waals surface area contributed by atoms with Gasteiger partial charge in [0, 0.05) is 4.47 Å². The van der Waals surface area contributed by atoms with Crippen LogP contribution >= 0.6 is 15.9 Å². The van der Waals surface area contributed by atoms with E-state index in [-0.39, 0.29) is 12.0 Å². The lowest BCUT2D eigenvalue weighted by Crippen LogP contribution is -2.17. The van der Waals surface area contributed by atoms with E-state index in [4.69, 9.17) is 5.73 Å². The van der Waals surface area contributed by atoms with Crippen LogP contribution in [0.4, 0.5) is 0 Å². The number of nitrogens with two attached hydrogens (primary N) is 1. The molecule has 2 nitrogen and oxygen atoms in total. The number of halogens is 1. The highest BCUT2D eigenvalue weighted by molar-refractivity contribution is 9.10. The molecule has 14 heavy (non-hydrogen) atoms. The van der Waals surface area contributed by atoms with Crippen LogP contribution in [0, 0.1) is 0 Å². The number of benzene rings is 1. The van der Waals surface area contributed by atoms with Crippen molar-refractivity contribution in [3.63, 3.8) is 0 Å². The van der Waals surface area contributed by atoms with E-state index in [0.717, 1.165) is 10.9 Å². The molecule has 0 saturated carbocycles. The second-order valence-corrected chi connectivity index (χ2v) is 4.48. The first kappa shape index (κ1) is 11.7. The molecular formula is C11H16BrNO. The van der Waals surface area contributed by atoms with Crippen molar-refractivity contribution in [1.29, 1.82) is 0 Å². The molecule has 1 rings (SSSR count). The van der Waals surface area contributed by atoms with Crippen LogP contribution in [0.2, 0.25) is 0 Å². The topological polar surface area (TPSA) is 46.2 Å². The van der Waals surface area contributed by atoms with E-state index in [1.54, 1.807) is 6.92 Å². The molecule has 0 radical (unpaired) electrons. The lowest BCUT2D eigenvalue weighted by molar-refractivity contribution is 0.175. The van der Waals surface area contributed by atoms with Crippen molar-refractivity contribution in [2.45, 2.75) is 25.4 Å². The Bertz CT molecular complexity index is 271. The molecular weight excluding hydrogens is 242 g/mol. The lowest BCUT2D eigenvalue weighted by atomic mass is 9.94. The van der Waals surface area contributed by atoms with Crippen molar-refractivity contribution < 1.29 is 5.11 Å². The average Bonchev–Trinajstić information content (AvgIpc) is 2.15. The van der Waals surface area contributed by atoms with Gasteiger partial charge in [-0.3, -0.25) is 0 Å². The van der Waals surface area contributed by atoms with Crippen molar-refractivity contribution in [3.8, 4) is 0 Å². The van der Waals surface area contributed by atoms with Gasteiger partial charge >= 0.3 is 0 Å². The quantitative estimate of drug-likeness (QED) is 0.870. The summed E-state index contributed by atoms with van der Waals surface area (Å²) in [6.07, 6.45) is 0.421. The Kier molecular flexibility index (Phi) is 4.58. The molecule has 1 aromatic rings. The maximum absolute atomic E-state index is 9.30. The van der Waals surface area contributed by atoms with E-state index in [9.17, 15) is 5.11 Å². The highest BCUT2D eigenvalue weighted by Crippen LogP contribution is 2.22. The van der Waals surface area contributed by atoms with E-state index >= 15 is 0 Å². The minimum absolute atomic E-state index is 0.253. The van der Waals surface area contributed by atoms with Crippen molar-refractivity contribution in [2.75, 3.05) is 6.54 Å². The summed E-state index contributed by atoms with van der Waals surface area (Å²) in [4.78, 5) is 0. The van der Waals surface area contributed by atoms with E-state index < -0.39 is 0 Å². The molecule has 3 N–H and O–H groups in total. The second kappa shape index (κ2) is 5.49. The van der Waals surface area contributed by atoms with Gasteiger partial charge < -0.3 is 10.8 Å². The predicted molar refractivity (Wildman–Crippen MR) is 62.2 cm³/mol. The molecule has 1 aromatic carbocycles. The molecule has 0 aliphatic rings. The molecule has 2 atom stereocenters. The average molecular weight is 258 g/mol. The van der Waals surface area contributed by atoms with Gasteiger partial charge in [-0.2, -0.15) is 0 Å². The van der Waals surface area contributed by atoms with Gasteiger partial charge in [0.1, 0.15) is 0 Å². The zero-order valence-electron chi connectivity index (χ0n) is 8.28. The summed E-state index contributed by atoms with van der Waals surface area (Å²) in [6.45, 7) is 2.37. The Morgan fingerprint density at radius 2 is 1.93 bits per heavy atom. The van der Waals surface area contributed by atoms with Gasteiger partial charge in [-0.05, 0) is 43.5 Å². The van der Waals surface area contributed by atoms with Crippen LogP contribution in [-0.2, 0) is 0 Å². The van der Waals surface area contributed by atoms with Crippen LogP contribution in [-0.4, -0.2) is 17.8 Å². The third kappa shape index (κ3) is 3.40. The monoisotopic (exact) mass is 257 g/mol. The minimum Gasteiger partial charge on any atom is -0.393 e. The fourth-order valence-electron chi connectivity index (χ4n) is 1.52. The summed E-state index contributed by atoms with van der Waals surface area (Å²) in [6, 6.07) is 8.09. The molecule has 2 unspecified atom stereocenters. The molecule has 0 aromatic heterocycles. The van der Waals surface area contributed by atoms with Crippen LogP contribution in [0.1, 0.15) is 24.8 Å².